The highest BCUT2D eigenvalue weighted by molar-refractivity contribution is 5.75. The Balaban J connectivity index is 2.37. The van der Waals surface area contributed by atoms with Crippen molar-refractivity contribution < 1.29 is 9.53 Å². The maximum Gasteiger partial charge on any atom is 0.219 e. The van der Waals surface area contributed by atoms with Crippen molar-refractivity contribution in [1.82, 2.24) is 5.32 Å². The fourth-order valence-corrected chi connectivity index (χ4v) is 1.48. The zero-order valence-electron chi connectivity index (χ0n) is 10.8. The molecule has 0 aliphatic rings. The highest BCUT2D eigenvalue weighted by Crippen LogP contribution is 2.13. The fraction of sp³-hybridized carbons (Fsp3) is 0.500. The van der Waals surface area contributed by atoms with Gasteiger partial charge >= 0.3 is 0 Å². The largest absolute Gasteiger partial charge is 0.491 e. The average molecular weight is 235 g/mol. The molecule has 1 aromatic carbocycles. The van der Waals surface area contributed by atoms with Crippen LogP contribution in [-0.4, -0.2) is 18.6 Å². The van der Waals surface area contributed by atoms with Crippen LogP contribution in [0, 0.1) is 0 Å². The van der Waals surface area contributed by atoms with Crippen LogP contribution in [0.2, 0.25) is 0 Å². The summed E-state index contributed by atoms with van der Waals surface area (Å²) in [5.74, 6) is 0.992. The molecule has 3 nitrogen and oxygen atoms in total. The molecule has 0 saturated heterocycles. The summed E-state index contributed by atoms with van der Waals surface area (Å²) in [6.45, 7) is 6.56. The molecular formula is C14H21NO2. The Kier molecular flexibility index (Phi) is 5.53. The Hall–Kier alpha value is -1.51. The average Bonchev–Trinajstić information content (AvgIpc) is 2.30. The van der Waals surface area contributed by atoms with Gasteiger partial charge < -0.3 is 10.1 Å². The third-order valence-electron chi connectivity index (χ3n) is 2.35. The fourth-order valence-electron chi connectivity index (χ4n) is 1.48. The minimum atomic E-state index is 0.102. The maximum atomic E-state index is 11.0. The number of rotatable bonds is 6. The summed E-state index contributed by atoms with van der Waals surface area (Å²) in [5.41, 5.74) is 1.21. The van der Waals surface area contributed by atoms with Crippen LogP contribution in [0.5, 0.6) is 5.75 Å². The lowest BCUT2D eigenvalue weighted by molar-refractivity contribution is -0.120. The summed E-state index contributed by atoms with van der Waals surface area (Å²) in [7, 11) is 0. The number of benzene rings is 1. The van der Waals surface area contributed by atoms with Crippen LogP contribution in [-0.2, 0) is 11.2 Å². The molecule has 17 heavy (non-hydrogen) atoms. The Bertz CT molecular complexity index is 344. The number of carbonyl (C=O) groups is 1. The molecular weight excluding hydrogens is 214 g/mol. The second kappa shape index (κ2) is 6.94. The van der Waals surface area contributed by atoms with Crippen molar-refractivity contribution in [3.8, 4) is 5.75 Å². The standard InChI is InChI=1S/C14H21NO2/c1-4-14(16)15-10-9-12-5-7-13(8-6-12)17-11(2)3/h5-8,11H,4,9-10H2,1-3H3,(H,15,16). The third kappa shape index (κ3) is 5.38. The van der Waals surface area contributed by atoms with Crippen molar-refractivity contribution in [2.75, 3.05) is 6.54 Å². The lowest BCUT2D eigenvalue weighted by atomic mass is 10.1. The number of ether oxygens (including phenoxy) is 1. The first-order valence-corrected chi connectivity index (χ1v) is 6.14. The molecule has 0 bridgehead atoms. The van der Waals surface area contributed by atoms with Gasteiger partial charge in [0.05, 0.1) is 6.10 Å². The number of amides is 1. The molecule has 0 heterocycles. The second-order valence-corrected chi connectivity index (χ2v) is 4.26. The Labute approximate surface area is 103 Å². The summed E-state index contributed by atoms with van der Waals surface area (Å²) < 4.78 is 5.56. The van der Waals surface area contributed by atoms with Crippen molar-refractivity contribution in [2.45, 2.75) is 39.7 Å². The van der Waals surface area contributed by atoms with E-state index in [0.29, 0.717) is 13.0 Å². The molecule has 0 spiro atoms. The van der Waals surface area contributed by atoms with Crippen molar-refractivity contribution >= 4 is 5.91 Å². The van der Waals surface area contributed by atoms with E-state index in [4.69, 9.17) is 4.74 Å². The van der Waals surface area contributed by atoms with E-state index in [1.54, 1.807) is 0 Å². The van der Waals surface area contributed by atoms with Gasteiger partial charge in [-0.05, 0) is 38.0 Å². The van der Waals surface area contributed by atoms with E-state index in [-0.39, 0.29) is 12.0 Å². The summed E-state index contributed by atoms with van der Waals surface area (Å²) in [5, 5.41) is 2.86. The Morgan fingerprint density at radius 2 is 1.94 bits per heavy atom. The Morgan fingerprint density at radius 3 is 2.47 bits per heavy atom. The summed E-state index contributed by atoms with van der Waals surface area (Å²) >= 11 is 0. The molecule has 0 aromatic heterocycles. The highest BCUT2D eigenvalue weighted by atomic mass is 16.5. The number of hydrogen-bond donors (Lipinski definition) is 1. The smallest absolute Gasteiger partial charge is 0.219 e. The summed E-state index contributed by atoms with van der Waals surface area (Å²) in [4.78, 5) is 11.0. The summed E-state index contributed by atoms with van der Waals surface area (Å²) in [6.07, 6.45) is 1.60. The van der Waals surface area contributed by atoms with Gasteiger partial charge in [-0.1, -0.05) is 19.1 Å². The number of nitrogens with one attached hydrogen (secondary N) is 1. The first-order valence-electron chi connectivity index (χ1n) is 6.14. The van der Waals surface area contributed by atoms with Gasteiger partial charge in [-0.3, -0.25) is 4.79 Å². The van der Waals surface area contributed by atoms with Gasteiger partial charge in [0, 0.05) is 13.0 Å². The molecule has 0 aliphatic heterocycles. The van der Waals surface area contributed by atoms with Crippen LogP contribution >= 0.6 is 0 Å². The molecule has 94 valence electrons. The summed E-state index contributed by atoms with van der Waals surface area (Å²) in [6, 6.07) is 8.01. The monoisotopic (exact) mass is 235 g/mol. The van der Waals surface area contributed by atoms with Gasteiger partial charge in [-0.2, -0.15) is 0 Å². The predicted octanol–water partition coefficient (Wildman–Crippen LogP) is 2.54. The molecule has 3 heteroatoms. The zero-order valence-corrected chi connectivity index (χ0v) is 10.8. The molecule has 0 radical (unpaired) electrons. The topological polar surface area (TPSA) is 38.3 Å². The van der Waals surface area contributed by atoms with E-state index in [0.717, 1.165) is 12.2 Å². The van der Waals surface area contributed by atoms with Gasteiger partial charge in [0.25, 0.3) is 0 Å². The minimum Gasteiger partial charge on any atom is -0.491 e. The Morgan fingerprint density at radius 1 is 1.29 bits per heavy atom. The van der Waals surface area contributed by atoms with E-state index in [1.165, 1.54) is 5.56 Å². The molecule has 1 N–H and O–H groups in total. The lowest BCUT2D eigenvalue weighted by Gasteiger charge is -2.10. The van der Waals surface area contributed by atoms with E-state index >= 15 is 0 Å². The van der Waals surface area contributed by atoms with Crippen LogP contribution in [0.3, 0.4) is 0 Å². The second-order valence-electron chi connectivity index (χ2n) is 4.26. The van der Waals surface area contributed by atoms with Gasteiger partial charge in [0.1, 0.15) is 5.75 Å². The minimum absolute atomic E-state index is 0.102. The van der Waals surface area contributed by atoms with E-state index < -0.39 is 0 Å². The molecule has 0 saturated carbocycles. The maximum absolute atomic E-state index is 11.0. The molecule has 1 amide bonds. The van der Waals surface area contributed by atoms with Crippen LogP contribution in [0.4, 0.5) is 0 Å². The zero-order chi connectivity index (χ0) is 12.7. The van der Waals surface area contributed by atoms with E-state index in [9.17, 15) is 4.79 Å². The van der Waals surface area contributed by atoms with Gasteiger partial charge in [0.15, 0.2) is 0 Å². The van der Waals surface area contributed by atoms with Gasteiger partial charge in [-0.25, -0.2) is 0 Å². The van der Waals surface area contributed by atoms with Crippen molar-refractivity contribution in [3.63, 3.8) is 0 Å². The quantitative estimate of drug-likeness (QED) is 0.823. The predicted molar refractivity (Wildman–Crippen MR) is 69.2 cm³/mol. The van der Waals surface area contributed by atoms with Crippen LogP contribution in [0.1, 0.15) is 32.8 Å². The molecule has 1 aromatic rings. The molecule has 1 rings (SSSR count). The number of carbonyl (C=O) groups excluding carboxylic acids is 1. The SMILES string of the molecule is CCC(=O)NCCc1ccc(OC(C)C)cc1. The molecule has 0 unspecified atom stereocenters. The van der Waals surface area contributed by atoms with Gasteiger partial charge in [0.2, 0.25) is 5.91 Å². The van der Waals surface area contributed by atoms with Crippen molar-refractivity contribution in [2.24, 2.45) is 0 Å². The van der Waals surface area contributed by atoms with Crippen LogP contribution in [0.15, 0.2) is 24.3 Å². The van der Waals surface area contributed by atoms with Crippen LogP contribution < -0.4 is 10.1 Å². The first-order chi connectivity index (χ1) is 8.11. The number of hydrogen-bond acceptors (Lipinski definition) is 2. The molecule has 0 fully saturated rings. The highest BCUT2D eigenvalue weighted by Gasteiger charge is 1.99. The normalized spacial score (nSPS) is 10.4. The first kappa shape index (κ1) is 13.6. The van der Waals surface area contributed by atoms with E-state index in [2.05, 4.69) is 5.32 Å². The van der Waals surface area contributed by atoms with Crippen LogP contribution in [0.25, 0.3) is 0 Å². The molecule has 0 atom stereocenters. The molecule has 0 aliphatic carbocycles. The third-order valence-corrected chi connectivity index (χ3v) is 2.35. The van der Waals surface area contributed by atoms with Crippen molar-refractivity contribution in [1.29, 1.82) is 0 Å². The van der Waals surface area contributed by atoms with Crippen molar-refractivity contribution in [3.05, 3.63) is 29.8 Å². The lowest BCUT2D eigenvalue weighted by Crippen LogP contribution is -2.24. The van der Waals surface area contributed by atoms with E-state index in [1.807, 2.05) is 45.0 Å². The van der Waals surface area contributed by atoms with Gasteiger partial charge in [-0.15, -0.1) is 0 Å².